The van der Waals surface area contributed by atoms with Crippen LogP contribution in [0.5, 0.6) is 0 Å². The van der Waals surface area contributed by atoms with Gasteiger partial charge in [-0.1, -0.05) is 61.7 Å². The van der Waals surface area contributed by atoms with Crippen molar-refractivity contribution in [3.05, 3.63) is 72.9 Å². The minimum Gasteiger partial charge on any atom is -0.375 e. The Morgan fingerprint density at radius 2 is 2.06 bits per heavy atom. The molecule has 0 aromatic heterocycles. The van der Waals surface area contributed by atoms with Crippen LogP contribution in [0.1, 0.15) is 11.6 Å². The van der Waals surface area contributed by atoms with Crippen LogP contribution in [-0.2, 0) is 4.74 Å². The molecule has 2 nitrogen and oxygen atoms in total. The average Bonchev–Trinajstić information content (AvgIpc) is 2.43. The second-order valence-corrected chi connectivity index (χ2v) is 3.95. The molecule has 0 amide bonds. The lowest BCUT2D eigenvalue weighted by molar-refractivity contribution is 0.134. The molecule has 96 valence electrons. The van der Waals surface area contributed by atoms with Crippen molar-refractivity contribution in [1.82, 2.24) is 5.32 Å². The first-order valence-electron chi connectivity index (χ1n) is 6.05. The Morgan fingerprint density at radius 1 is 1.33 bits per heavy atom. The van der Waals surface area contributed by atoms with E-state index in [1.54, 1.807) is 12.2 Å². The molecule has 0 aliphatic carbocycles. The molecule has 1 N–H and O–H groups in total. The molecule has 18 heavy (non-hydrogen) atoms. The zero-order valence-corrected chi connectivity index (χ0v) is 10.9. The maximum atomic E-state index is 5.70. The highest BCUT2D eigenvalue weighted by atomic mass is 16.5. The molecular weight excluding hydrogens is 222 g/mol. The van der Waals surface area contributed by atoms with Crippen molar-refractivity contribution in [2.45, 2.75) is 6.04 Å². The summed E-state index contributed by atoms with van der Waals surface area (Å²) in [5, 5.41) is 3.25. The first-order chi connectivity index (χ1) is 8.81. The van der Waals surface area contributed by atoms with Crippen molar-refractivity contribution in [2.75, 3.05) is 20.3 Å². The van der Waals surface area contributed by atoms with Crippen molar-refractivity contribution < 1.29 is 4.74 Å². The number of nitrogens with one attached hydrogen (secondary N) is 1. The van der Waals surface area contributed by atoms with Gasteiger partial charge >= 0.3 is 0 Å². The summed E-state index contributed by atoms with van der Waals surface area (Å²) in [5.41, 5.74) is 2.26. The zero-order chi connectivity index (χ0) is 13.2. The summed E-state index contributed by atoms with van der Waals surface area (Å²) in [5.74, 6) is 0. The van der Waals surface area contributed by atoms with Crippen molar-refractivity contribution in [1.29, 1.82) is 0 Å². The molecule has 0 fully saturated rings. The molecule has 0 bridgehead atoms. The van der Waals surface area contributed by atoms with E-state index < -0.39 is 0 Å². The maximum absolute atomic E-state index is 5.70. The number of likely N-dealkylation sites (N-methyl/N-ethyl adjacent to an activating group) is 1. The molecule has 0 aliphatic heterocycles. The smallest absolute Gasteiger partial charge is 0.0717 e. The number of hydrogen-bond donors (Lipinski definition) is 1. The molecule has 1 atom stereocenters. The number of rotatable bonds is 8. The van der Waals surface area contributed by atoms with Crippen LogP contribution in [0.15, 0.2) is 67.3 Å². The summed E-state index contributed by atoms with van der Waals surface area (Å²) in [7, 11) is 1.94. The van der Waals surface area contributed by atoms with E-state index in [2.05, 4.69) is 30.6 Å². The molecule has 0 heterocycles. The van der Waals surface area contributed by atoms with Crippen LogP contribution in [0.2, 0.25) is 0 Å². The van der Waals surface area contributed by atoms with Gasteiger partial charge in [0.25, 0.3) is 0 Å². The molecule has 0 aliphatic rings. The standard InChI is InChI=1S/C16H21NO/c1-4-9-14(5-2)12-18-13-16(17-3)15-10-7-6-8-11-15/h4-11,16-17H,1-2,12-13H2,3H3/b14-9+. The quantitative estimate of drug-likeness (QED) is 0.708. The van der Waals surface area contributed by atoms with Crippen LogP contribution >= 0.6 is 0 Å². The lowest BCUT2D eigenvalue weighted by Gasteiger charge is -2.17. The first-order valence-corrected chi connectivity index (χ1v) is 6.05. The third-order valence-electron chi connectivity index (χ3n) is 2.70. The normalized spacial score (nSPS) is 13.1. The summed E-state index contributed by atoms with van der Waals surface area (Å²) < 4.78 is 5.70. The highest BCUT2D eigenvalue weighted by Gasteiger charge is 2.08. The molecule has 1 rings (SSSR count). The summed E-state index contributed by atoms with van der Waals surface area (Å²) in [6.07, 6.45) is 5.44. The maximum Gasteiger partial charge on any atom is 0.0717 e. The Hall–Kier alpha value is -1.64. The third-order valence-corrected chi connectivity index (χ3v) is 2.70. The van der Waals surface area contributed by atoms with Gasteiger partial charge in [0.05, 0.1) is 19.3 Å². The lowest BCUT2D eigenvalue weighted by atomic mass is 10.1. The van der Waals surface area contributed by atoms with E-state index in [0.29, 0.717) is 13.2 Å². The van der Waals surface area contributed by atoms with Gasteiger partial charge in [0, 0.05) is 0 Å². The van der Waals surface area contributed by atoms with E-state index >= 15 is 0 Å². The van der Waals surface area contributed by atoms with E-state index in [-0.39, 0.29) is 6.04 Å². The fourth-order valence-electron chi connectivity index (χ4n) is 1.65. The summed E-state index contributed by atoms with van der Waals surface area (Å²) in [6, 6.07) is 10.5. The fourth-order valence-corrected chi connectivity index (χ4v) is 1.65. The van der Waals surface area contributed by atoms with E-state index in [0.717, 1.165) is 5.57 Å². The number of hydrogen-bond acceptors (Lipinski definition) is 2. The van der Waals surface area contributed by atoms with E-state index in [9.17, 15) is 0 Å². The molecule has 0 radical (unpaired) electrons. The Kier molecular flexibility index (Phi) is 6.77. The third kappa shape index (κ3) is 4.70. The summed E-state index contributed by atoms with van der Waals surface area (Å²) in [6.45, 7) is 8.59. The van der Waals surface area contributed by atoms with E-state index in [1.807, 2.05) is 31.3 Å². The van der Waals surface area contributed by atoms with Gasteiger partial charge in [-0.05, 0) is 18.2 Å². The van der Waals surface area contributed by atoms with Crippen molar-refractivity contribution in [2.24, 2.45) is 0 Å². The molecule has 1 aromatic carbocycles. The van der Waals surface area contributed by atoms with Crippen LogP contribution in [0.3, 0.4) is 0 Å². The fraction of sp³-hybridized carbons (Fsp3) is 0.250. The second kappa shape index (κ2) is 8.45. The molecule has 2 heteroatoms. The minimum absolute atomic E-state index is 0.209. The van der Waals surface area contributed by atoms with Gasteiger partial charge in [0.15, 0.2) is 0 Å². The summed E-state index contributed by atoms with van der Waals surface area (Å²) >= 11 is 0. The molecule has 0 saturated carbocycles. The largest absolute Gasteiger partial charge is 0.375 e. The van der Waals surface area contributed by atoms with Gasteiger partial charge in [-0.25, -0.2) is 0 Å². The predicted octanol–water partition coefficient (Wildman–Crippen LogP) is 3.26. The van der Waals surface area contributed by atoms with Gasteiger partial charge in [-0.2, -0.15) is 0 Å². The number of benzene rings is 1. The Balaban J connectivity index is 2.48. The van der Waals surface area contributed by atoms with Crippen LogP contribution in [-0.4, -0.2) is 20.3 Å². The second-order valence-electron chi connectivity index (χ2n) is 3.95. The monoisotopic (exact) mass is 243 g/mol. The average molecular weight is 243 g/mol. The highest BCUT2D eigenvalue weighted by molar-refractivity contribution is 5.22. The highest BCUT2D eigenvalue weighted by Crippen LogP contribution is 2.12. The van der Waals surface area contributed by atoms with Crippen LogP contribution in [0, 0.1) is 0 Å². The number of allylic oxidation sites excluding steroid dienone is 2. The van der Waals surface area contributed by atoms with Crippen molar-refractivity contribution >= 4 is 0 Å². The van der Waals surface area contributed by atoms with Crippen molar-refractivity contribution in [3.8, 4) is 0 Å². The predicted molar refractivity (Wildman–Crippen MR) is 77.5 cm³/mol. The summed E-state index contributed by atoms with van der Waals surface area (Å²) in [4.78, 5) is 0. The minimum atomic E-state index is 0.209. The Labute approximate surface area is 110 Å². The zero-order valence-electron chi connectivity index (χ0n) is 10.9. The van der Waals surface area contributed by atoms with E-state index in [4.69, 9.17) is 4.74 Å². The van der Waals surface area contributed by atoms with Gasteiger partial charge < -0.3 is 10.1 Å². The van der Waals surface area contributed by atoms with Crippen LogP contribution in [0.25, 0.3) is 0 Å². The lowest BCUT2D eigenvalue weighted by Crippen LogP contribution is -2.22. The van der Waals surface area contributed by atoms with Crippen LogP contribution in [0.4, 0.5) is 0 Å². The van der Waals surface area contributed by atoms with E-state index in [1.165, 1.54) is 5.56 Å². The molecule has 1 aromatic rings. The van der Waals surface area contributed by atoms with Gasteiger partial charge in [0.1, 0.15) is 0 Å². The molecule has 1 unspecified atom stereocenters. The van der Waals surface area contributed by atoms with Gasteiger partial charge in [-0.15, -0.1) is 0 Å². The molecule has 0 spiro atoms. The number of ether oxygens (including phenoxy) is 1. The molecule has 0 saturated heterocycles. The first kappa shape index (κ1) is 14.4. The Bertz CT molecular complexity index is 395. The Morgan fingerprint density at radius 3 is 2.61 bits per heavy atom. The van der Waals surface area contributed by atoms with Crippen LogP contribution < -0.4 is 5.32 Å². The van der Waals surface area contributed by atoms with Gasteiger partial charge in [0.2, 0.25) is 0 Å². The van der Waals surface area contributed by atoms with Gasteiger partial charge in [-0.3, -0.25) is 0 Å². The SMILES string of the molecule is C=C/C=C(\C=C)COCC(NC)c1ccccc1. The van der Waals surface area contributed by atoms with Crippen molar-refractivity contribution in [3.63, 3.8) is 0 Å². The topological polar surface area (TPSA) is 21.3 Å². The molecular formula is C16H21NO.